The van der Waals surface area contributed by atoms with Crippen LogP contribution in [0.25, 0.3) is 0 Å². The SMILES string of the molecule is CN(C)C(F)=[N+](C)C.CN(C)C(F)=[N+](C)C.CN(C)C(F)=[N+](C)C.CN(C)C(F)=[N+](C)C.CN(C)C(F)=[N+](C)C.CN(C)C(F)=[N+](C)C.CN(C)C(F)=[N+](C)C.CN(C)C(F)=[N+](C)C.CN(C)C(F)=[N+](C)C.CN(C)C(F)=[N+](C)C.CN(C)C(F)=[N+](C)C.CN(C)C(F)=[N+](C)C.O=P([O-])([O-])F.O=P([O-])([O-])F.O=P([O-])([O-])F.O=P([O-])([O-])F.O=P([O-])([O-])F.O=P([O-])([O-])F. The Morgan fingerprint density at radius 1 is 0.143 bits per heavy atom. The maximum Gasteiger partial charge on any atom is 0.435 e. The Labute approximate surface area is 734 Å². The molecule has 66 heteroatoms. The Hall–Kier alpha value is -6.72. The lowest BCUT2D eigenvalue weighted by Crippen LogP contribution is -2.25. The molecule has 0 atom stereocenters. The topological polar surface area (TPSA) is 454 Å². The van der Waals surface area contributed by atoms with E-state index in [4.69, 9.17) is 86.1 Å². The molecule has 0 N–H and O–H groups in total. The van der Waals surface area contributed by atoms with Crippen LogP contribution in [-0.2, 0) is 27.4 Å². The summed E-state index contributed by atoms with van der Waals surface area (Å²) < 4.78 is 277. The van der Waals surface area contributed by atoms with E-state index in [1.54, 1.807) is 338 Å². The summed E-state index contributed by atoms with van der Waals surface area (Å²) in [5.41, 5.74) is 0. The van der Waals surface area contributed by atoms with Gasteiger partial charge in [0.15, 0.2) is 0 Å². The number of nitrogens with zero attached hydrogens (tertiary/aromatic N) is 24. The molecule has 0 heterocycles. The monoisotopic (exact) mass is 2020 g/mol. The summed E-state index contributed by atoms with van der Waals surface area (Å²) in [6, 6.07) is 0. The molecule has 0 aromatic rings. The average Bonchev–Trinajstić information content (AvgIpc) is 1.03. The first-order chi connectivity index (χ1) is 54.6. The minimum Gasteiger partial charge on any atom is -0.786 e. The highest BCUT2D eigenvalue weighted by atomic mass is 31.2. The van der Waals surface area contributed by atoms with Gasteiger partial charge in [-0.2, -0.15) is 0 Å². The second-order valence-electron chi connectivity index (χ2n) is 27.3. The van der Waals surface area contributed by atoms with Crippen molar-refractivity contribution in [2.24, 2.45) is 0 Å². The van der Waals surface area contributed by atoms with Crippen molar-refractivity contribution in [1.29, 1.82) is 0 Å². The van der Waals surface area contributed by atoms with E-state index in [2.05, 4.69) is 0 Å². The van der Waals surface area contributed by atoms with E-state index in [1.807, 2.05) is 0 Å². The molecule has 126 heavy (non-hydrogen) atoms. The Kier molecular flexibility index (Phi) is 111. The normalized spacial score (nSPS) is 9.38. The third-order valence-corrected chi connectivity index (χ3v) is 8.86. The van der Waals surface area contributed by atoms with Gasteiger partial charge in [0.2, 0.25) is 0 Å². The first-order valence-electron chi connectivity index (χ1n) is 33.4. The second-order valence-corrected chi connectivity index (χ2v) is 32.4. The number of rotatable bonds is 0. The van der Waals surface area contributed by atoms with Crippen LogP contribution < -0.4 is 58.7 Å². The predicted octanol–water partition coefficient (Wildman–Crippen LogP) is -5.55. The molecule has 0 spiro atoms. The fourth-order valence-electron chi connectivity index (χ4n) is 4.80. The zero-order chi connectivity index (χ0) is 108. The molecule has 0 saturated heterocycles. The number of halogens is 18. The highest BCUT2D eigenvalue weighted by Crippen LogP contribution is 2.24. The first kappa shape index (κ1) is 163. The van der Waals surface area contributed by atoms with Crippen molar-refractivity contribution >= 4 is 121 Å². The van der Waals surface area contributed by atoms with Crippen LogP contribution in [0.2, 0.25) is 0 Å². The number of hydrogen-bond donors (Lipinski definition) is 0. The van der Waals surface area contributed by atoms with Gasteiger partial charge in [-0.25, -0.2) is 139 Å². The van der Waals surface area contributed by atoms with Crippen molar-refractivity contribution in [2.75, 3.05) is 338 Å². The molecule has 0 aliphatic carbocycles. The first-order valence-corrected chi connectivity index (χ1v) is 42.0. The third-order valence-electron chi connectivity index (χ3n) is 8.86. The van der Waals surface area contributed by atoms with Gasteiger partial charge in [-0.1, -0.05) is 0 Å². The number of amidine groups is 12. The molecular weight excluding hydrogens is 1870 g/mol. The van der Waals surface area contributed by atoms with Gasteiger partial charge in [0.1, 0.15) is 47.4 Å². The molecule has 0 fully saturated rings. The molecule has 768 valence electrons. The van der Waals surface area contributed by atoms with Gasteiger partial charge >= 0.3 is 73.1 Å². The minimum absolute atomic E-state index is 0.231. The van der Waals surface area contributed by atoms with Crippen molar-refractivity contribution in [2.45, 2.75) is 0 Å². The molecule has 0 saturated carbocycles. The summed E-state index contributed by atoms with van der Waals surface area (Å²) in [5, 5.41) is 0. The molecule has 0 amide bonds. The second kappa shape index (κ2) is 86.3. The summed E-state index contributed by atoms with van der Waals surface area (Å²) in [7, 11) is 45.9. The lowest BCUT2D eigenvalue weighted by atomic mass is 10.8. The maximum absolute atomic E-state index is 12.4. The van der Waals surface area contributed by atoms with E-state index in [9.17, 15) is 77.9 Å². The molecule has 0 unspecified atom stereocenters. The van der Waals surface area contributed by atoms with Crippen LogP contribution in [-0.4, -0.2) is 525 Å². The zero-order valence-corrected chi connectivity index (χ0v) is 86.9. The third kappa shape index (κ3) is 199. The average molecular weight is 2020 g/mol. The Balaban J connectivity index is -0.0000000614. The Bertz CT molecular complexity index is 2770. The summed E-state index contributed by atoms with van der Waals surface area (Å²) in [6.07, 6.45) is -2.78. The number of hydrogen-bond acceptors (Lipinski definition) is 18. The molecule has 0 rings (SSSR count). The highest BCUT2D eigenvalue weighted by molar-refractivity contribution is 7.43. The Morgan fingerprint density at radius 2 is 0.167 bits per heavy atom. The fraction of sp³-hybridized carbons (Fsp3) is 0.800. The van der Waals surface area contributed by atoms with E-state index in [-0.39, 0.29) is 73.1 Å². The molecule has 0 radical (unpaired) electrons. The zero-order valence-electron chi connectivity index (χ0n) is 81.6. The van der Waals surface area contributed by atoms with Crippen LogP contribution in [0.5, 0.6) is 0 Å². The van der Waals surface area contributed by atoms with Crippen molar-refractivity contribution < 1.29 is 219 Å². The van der Waals surface area contributed by atoms with Crippen molar-refractivity contribution in [3.05, 3.63) is 0 Å². The summed E-state index contributed by atoms with van der Waals surface area (Å²) in [5.74, 6) is 0. The molecule has 0 aliphatic rings. The van der Waals surface area contributed by atoms with Crippen molar-refractivity contribution in [3.8, 4) is 0 Å². The van der Waals surface area contributed by atoms with Crippen LogP contribution >= 0.6 is 47.4 Å². The molecule has 0 aromatic carbocycles. The van der Waals surface area contributed by atoms with E-state index in [1.165, 1.54) is 114 Å². The van der Waals surface area contributed by atoms with Gasteiger partial charge in [-0.05, 0) is 0 Å². The van der Waals surface area contributed by atoms with Gasteiger partial charge in [0.05, 0.1) is 338 Å². The summed E-state index contributed by atoms with van der Waals surface area (Å²) >= 11 is 0. The van der Waals surface area contributed by atoms with Crippen LogP contribution in [0.3, 0.4) is 0 Å². The van der Waals surface area contributed by atoms with Gasteiger partial charge < -0.3 is 86.1 Å². The smallest absolute Gasteiger partial charge is 0.435 e. The van der Waals surface area contributed by atoms with Gasteiger partial charge in [0, 0.05) is 0 Å². The standard InChI is InChI=1S/12C5H12FN2.6FH2O3P/c12*1-7(2)5(6)8(3)4;6*1-5(2,3)4/h12*1-4H3;6*(H2,2,3,4)/q12*+1;;;;;;/p-12. The molecular formula is C60H144F18N24O18P6. The van der Waals surface area contributed by atoms with Crippen LogP contribution in [0, 0.1) is 0 Å². The highest BCUT2D eigenvalue weighted by Gasteiger charge is 2.14. The van der Waals surface area contributed by atoms with E-state index in [0.29, 0.717) is 0 Å². The van der Waals surface area contributed by atoms with E-state index in [0.717, 1.165) is 0 Å². The predicted molar refractivity (Wildman–Crippen MR) is 435 cm³/mol. The van der Waals surface area contributed by atoms with E-state index >= 15 is 0 Å². The molecule has 0 aliphatic heterocycles. The summed E-state index contributed by atoms with van der Waals surface area (Å²) in [6.45, 7) is 0. The Morgan fingerprint density at radius 3 is 0.167 bits per heavy atom. The van der Waals surface area contributed by atoms with Gasteiger partial charge in [0.25, 0.3) is 0 Å². The fourth-order valence-corrected chi connectivity index (χ4v) is 4.80. The van der Waals surface area contributed by atoms with E-state index < -0.39 is 47.4 Å². The molecule has 0 aromatic heterocycles. The molecule has 0 bridgehead atoms. The lowest BCUT2D eigenvalue weighted by Gasteiger charge is -2.15. The van der Waals surface area contributed by atoms with Crippen molar-refractivity contribution in [1.82, 2.24) is 58.8 Å². The van der Waals surface area contributed by atoms with Crippen LogP contribution in [0.15, 0.2) is 0 Å². The maximum atomic E-state index is 12.4. The van der Waals surface area contributed by atoms with Gasteiger partial charge in [-0.3, -0.25) is 0 Å². The van der Waals surface area contributed by atoms with Crippen LogP contribution in [0.4, 0.5) is 77.9 Å². The van der Waals surface area contributed by atoms with Crippen molar-refractivity contribution in [3.63, 3.8) is 0 Å². The minimum atomic E-state index is -5.64. The molecule has 42 nitrogen and oxygen atoms in total. The quantitative estimate of drug-likeness (QED) is 0.0545. The van der Waals surface area contributed by atoms with Gasteiger partial charge in [-0.15, -0.1) is 52.7 Å². The largest absolute Gasteiger partial charge is 0.786 e. The summed E-state index contributed by atoms with van der Waals surface area (Å²) in [4.78, 5) is 118. The van der Waals surface area contributed by atoms with Crippen LogP contribution in [0.1, 0.15) is 0 Å². The lowest BCUT2D eigenvalue weighted by molar-refractivity contribution is -0.476.